The van der Waals surface area contributed by atoms with Crippen LogP contribution in [0.5, 0.6) is 0 Å². The third kappa shape index (κ3) is 12.4. The van der Waals surface area contributed by atoms with Gasteiger partial charge >= 0.3 is 35.5 Å². The van der Waals surface area contributed by atoms with Crippen molar-refractivity contribution in [1.29, 1.82) is 0 Å². The van der Waals surface area contributed by atoms with Crippen molar-refractivity contribution in [3.8, 4) is 0 Å². The summed E-state index contributed by atoms with van der Waals surface area (Å²) in [6, 6.07) is 0. The molecule has 0 aromatic carbocycles. The molecule has 0 amide bonds. The summed E-state index contributed by atoms with van der Waals surface area (Å²) < 4.78 is 4.80. The van der Waals surface area contributed by atoms with Crippen LogP contribution in [0, 0.1) is 0 Å². The molecule has 0 fully saturated rings. The average Bonchev–Trinajstić information content (AvgIpc) is 2.09. The minimum atomic E-state index is -0.479. The van der Waals surface area contributed by atoms with Crippen LogP contribution in [0.15, 0.2) is 0 Å². The van der Waals surface area contributed by atoms with E-state index in [0.717, 1.165) is 12.8 Å². The fourth-order valence-electron chi connectivity index (χ4n) is 0.520. The van der Waals surface area contributed by atoms with Gasteiger partial charge in [-0.2, -0.15) is 4.89 Å². The second-order valence-electron chi connectivity index (χ2n) is 2.27. The first-order chi connectivity index (χ1) is 5.81. The van der Waals surface area contributed by atoms with Crippen LogP contribution in [-0.2, 0) is 19.3 Å². The van der Waals surface area contributed by atoms with Crippen LogP contribution in [0.25, 0.3) is 0 Å². The first-order valence-corrected chi connectivity index (χ1v) is 4.21. The van der Waals surface area contributed by atoms with Crippen LogP contribution in [0.2, 0.25) is 0 Å². The molecule has 0 saturated carbocycles. The molecule has 0 saturated heterocycles. The summed E-state index contributed by atoms with van der Waals surface area (Å²) in [6.07, 6.45) is 1.91. The maximum absolute atomic E-state index is 10.7. The van der Waals surface area contributed by atoms with Gasteiger partial charge in [0.25, 0.3) is 0 Å². The Labute approximate surface area is 101 Å². The molecule has 0 rings (SSSR count). The molecule has 0 heterocycles. The van der Waals surface area contributed by atoms with Crippen LogP contribution in [0.3, 0.4) is 0 Å². The monoisotopic (exact) mass is 200 g/mol. The van der Waals surface area contributed by atoms with Gasteiger partial charge in [-0.25, -0.2) is 4.79 Å². The van der Waals surface area contributed by atoms with E-state index in [1.807, 2.05) is 13.8 Å². The van der Waals surface area contributed by atoms with Crippen molar-refractivity contribution in [1.82, 2.24) is 0 Å². The molecule has 74 valence electrons. The fraction of sp³-hybridized carbons (Fsp3) is 0.875. The summed E-state index contributed by atoms with van der Waals surface area (Å²) >= 11 is 0. The number of carbonyl (C=O) groups excluding carboxylic acids is 1. The second-order valence-corrected chi connectivity index (χ2v) is 2.27. The Hall–Kier alpha value is 0.390. The Kier molecular flexibility index (Phi) is 15.1. The molecule has 0 aromatic heterocycles. The van der Waals surface area contributed by atoms with Crippen molar-refractivity contribution >= 4 is 35.5 Å². The SMILES string of the molecule is CCCCOOC(=O)COCC.[NaH]. The van der Waals surface area contributed by atoms with E-state index in [4.69, 9.17) is 4.74 Å². The molecule has 0 spiro atoms. The minimum absolute atomic E-state index is 0. The zero-order valence-electron chi connectivity index (χ0n) is 7.67. The summed E-state index contributed by atoms with van der Waals surface area (Å²) in [7, 11) is 0. The second kappa shape index (κ2) is 12.4. The van der Waals surface area contributed by atoms with E-state index >= 15 is 0 Å². The molecular weight excluding hydrogens is 183 g/mol. The standard InChI is InChI=1S/C8H16O4.Na.H/c1-3-5-6-11-12-8(9)7-10-4-2;;/h3-7H2,1-2H3;;. The quantitative estimate of drug-likeness (QED) is 0.262. The molecule has 0 aromatic rings. The van der Waals surface area contributed by atoms with Gasteiger partial charge in [0.1, 0.15) is 6.61 Å². The number of hydrogen-bond donors (Lipinski definition) is 0. The van der Waals surface area contributed by atoms with Crippen LogP contribution in [-0.4, -0.2) is 55.3 Å². The number of rotatable bonds is 7. The van der Waals surface area contributed by atoms with Crippen molar-refractivity contribution in [3.05, 3.63) is 0 Å². The van der Waals surface area contributed by atoms with Gasteiger partial charge in [0.05, 0.1) is 6.61 Å². The van der Waals surface area contributed by atoms with Crippen molar-refractivity contribution in [2.45, 2.75) is 26.7 Å². The summed E-state index contributed by atoms with van der Waals surface area (Å²) in [4.78, 5) is 19.7. The molecular formula is C8H17NaO4. The first kappa shape index (κ1) is 15.8. The number of ether oxygens (including phenoxy) is 1. The molecule has 0 aliphatic rings. The molecule has 0 radical (unpaired) electrons. The Morgan fingerprint density at radius 1 is 1.31 bits per heavy atom. The van der Waals surface area contributed by atoms with Gasteiger partial charge in [0.15, 0.2) is 0 Å². The van der Waals surface area contributed by atoms with E-state index < -0.39 is 5.97 Å². The van der Waals surface area contributed by atoms with Crippen molar-refractivity contribution in [2.24, 2.45) is 0 Å². The van der Waals surface area contributed by atoms with Gasteiger partial charge < -0.3 is 4.74 Å². The maximum atomic E-state index is 10.7. The van der Waals surface area contributed by atoms with Gasteiger partial charge in [-0.1, -0.05) is 13.3 Å². The molecule has 4 nitrogen and oxygen atoms in total. The fourth-order valence-corrected chi connectivity index (χ4v) is 0.520. The summed E-state index contributed by atoms with van der Waals surface area (Å²) in [5.74, 6) is -0.479. The Morgan fingerprint density at radius 2 is 2.00 bits per heavy atom. The third-order valence-electron chi connectivity index (χ3n) is 1.16. The number of carbonyl (C=O) groups is 1. The summed E-state index contributed by atoms with van der Waals surface area (Å²) in [6.45, 7) is 4.76. The molecule has 0 aliphatic heterocycles. The molecule has 13 heavy (non-hydrogen) atoms. The third-order valence-corrected chi connectivity index (χ3v) is 1.16. The zero-order valence-corrected chi connectivity index (χ0v) is 7.67. The summed E-state index contributed by atoms with van der Waals surface area (Å²) in [5.41, 5.74) is 0. The Bertz CT molecular complexity index is 119. The molecule has 0 unspecified atom stereocenters. The first-order valence-electron chi connectivity index (χ1n) is 4.21. The van der Waals surface area contributed by atoms with Crippen LogP contribution in [0.4, 0.5) is 0 Å². The molecule has 0 bridgehead atoms. The van der Waals surface area contributed by atoms with Gasteiger partial charge in [0, 0.05) is 6.61 Å². The topological polar surface area (TPSA) is 44.8 Å². The average molecular weight is 200 g/mol. The van der Waals surface area contributed by atoms with Crippen molar-refractivity contribution in [3.63, 3.8) is 0 Å². The zero-order chi connectivity index (χ0) is 9.23. The predicted molar refractivity (Wildman–Crippen MR) is 50.6 cm³/mol. The van der Waals surface area contributed by atoms with E-state index in [-0.39, 0.29) is 36.2 Å². The molecule has 5 heteroatoms. The van der Waals surface area contributed by atoms with Crippen LogP contribution >= 0.6 is 0 Å². The molecule has 0 atom stereocenters. The number of hydrogen-bond acceptors (Lipinski definition) is 4. The molecule has 0 N–H and O–H groups in total. The van der Waals surface area contributed by atoms with E-state index in [9.17, 15) is 4.79 Å². The normalized spacial score (nSPS) is 9.08. The van der Waals surface area contributed by atoms with Gasteiger partial charge in [-0.15, -0.1) is 0 Å². The van der Waals surface area contributed by atoms with Crippen LogP contribution < -0.4 is 0 Å². The van der Waals surface area contributed by atoms with E-state index in [0.29, 0.717) is 13.2 Å². The Morgan fingerprint density at radius 3 is 2.54 bits per heavy atom. The van der Waals surface area contributed by atoms with Crippen molar-refractivity contribution in [2.75, 3.05) is 19.8 Å². The van der Waals surface area contributed by atoms with Gasteiger partial charge in [-0.3, -0.25) is 4.89 Å². The summed E-state index contributed by atoms with van der Waals surface area (Å²) in [5, 5.41) is 0. The van der Waals surface area contributed by atoms with Crippen molar-refractivity contribution < 1.29 is 19.3 Å². The van der Waals surface area contributed by atoms with E-state index in [2.05, 4.69) is 9.78 Å². The Balaban J connectivity index is 0. The van der Waals surface area contributed by atoms with Gasteiger partial charge in [0.2, 0.25) is 0 Å². The number of unbranched alkanes of at least 4 members (excludes halogenated alkanes) is 1. The van der Waals surface area contributed by atoms with E-state index in [1.165, 1.54) is 0 Å². The van der Waals surface area contributed by atoms with Gasteiger partial charge in [-0.05, 0) is 13.3 Å². The predicted octanol–water partition coefficient (Wildman–Crippen LogP) is 0.649. The molecule has 0 aliphatic carbocycles. The van der Waals surface area contributed by atoms with Crippen LogP contribution in [0.1, 0.15) is 26.7 Å². The van der Waals surface area contributed by atoms with E-state index in [1.54, 1.807) is 0 Å².